The van der Waals surface area contributed by atoms with Crippen LogP contribution in [-0.2, 0) is 17.6 Å². The van der Waals surface area contributed by atoms with Crippen LogP contribution < -0.4 is 5.32 Å². The lowest BCUT2D eigenvalue weighted by Crippen LogP contribution is -2.47. The Morgan fingerprint density at radius 1 is 1.24 bits per heavy atom. The summed E-state index contributed by atoms with van der Waals surface area (Å²) in [6, 6.07) is 10.8. The molecular formula is C19H26N4O2. The monoisotopic (exact) mass is 342 g/mol. The third kappa shape index (κ3) is 5.39. The molecule has 1 unspecified atom stereocenters. The van der Waals surface area contributed by atoms with Gasteiger partial charge >= 0.3 is 0 Å². The largest absolute Gasteiger partial charge is 0.354 e. The second-order valence-electron chi connectivity index (χ2n) is 6.65. The summed E-state index contributed by atoms with van der Waals surface area (Å²) in [6.45, 7) is 4.58. The molecule has 1 fully saturated rings. The minimum atomic E-state index is -0.0594. The van der Waals surface area contributed by atoms with Gasteiger partial charge in [0.1, 0.15) is 0 Å². The molecule has 0 aliphatic carbocycles. The Balaban J connectivity index is 1.57. The van der Waals surface area contributed by atoms with Crippen molar-refractivity contribution >= 4 is 5.91 Å². The number of nitrogens with one attached hydrogen (secondary N) is 1. The molecule has 1 N–H and O–H groups in total. The van der Waals surface area contributed by atoms with Crippen LogP contribution in [0.15, 0.2) is 34.9 Å². The Morgan fingerprint density at radius 2 is 2.00 bits per heavy atom. The summed E-state index contributed by atoms with van der Waals surface area (Å²) in [5.41, 5.74) is 1.31. The van der Waals surface area contributed by atoms with Crippen LogP contribution in [0, 0.1) is 6.92 Å². The summed E-state index contributed by atoms with van der Waals surface area (Å²) in [5.74, 6) is 0.863. The average Bonchev–Trinajstić information content (AvgIpc) is 3.05. The van der Waals surface area contributed by atoms with Gasteiger partial charge < -0.3 is 9.84 Å². The van der Waals surface area contributed by atoms with E-state index in [4.69, 9.17) is 4.52 Å². The fourth-order valence-corrected chi connectivity index (χ4v) is 3.35. The van der Waals surface area contributed by atoms with Crippen LogP contribution >= 0.6 is 0 Å². The van der Waals surface area contributed by atoms with Crippen molar-refractivity contribution in [3.8, 4) is 0 Å². The number of rotatable bonds is 7. The van der Waals surface area contributed by atoms with Crippen molar-refractivity contribution in [2.75, 3.05) is 19.6 Å². The van der Waals surface area contributed by atoms with Gasteiger partial charge in [-0.25, -0.2) is 0 Å². The Morgan fingerprint density at radius 3 is 2.68 bits per heavy atom. The fraction of sp³-hybridized carbons (Fsp3) is 0.526. The third-order valence-corrected chi connectivity index (χ3v) is 4.64. The number of aromatic nitrogens is 2. The molecule has 1 aromatic heterocycles. The Bertz CT molecular complexity index is 665. The van der Waals surface area contributed by atoms with Crippen molar-refractivity contribution in [1.82, 2.24) is 20.4 Å². The number of carbonyl (C=O) groups excluding carboxylic acids is 1. The number of aryl methyl sites for hydroxylation is 1. The Labute approximate surface area is 148 Å². The highest BCUT2D eigenvalue weighted by atomic mass is 16.5. The maximum atomic E-state index is 12.2. The van der Waals surface area contributed by atoms with Gasteiger partial charge in [-0.3, -0.25) is 9.69 Å². The molecule has 6 heteroatoms. The summed E-state index contributed by atoms with van der Waals surface area (Å²) < 4.78 is 4.92. The molecule has 0 spiro atoms. The van der Waals surface area contributed by atoms with E-state index in [9.17, 15) is 4.79 Å². The van der Waals surface area contributed by atoms with Crippen LogP contribution in [0.3, 0.4) is 0 Å². The van der Waals surface area contributed by atoms with E-state index < -0.39 is 0 Å². The lowest BCUT2D eigenvalue weighted by molar-refractivity contribution is -0.120. The van der Waals surface area contributed by atoms with Crippen LogP contribution in [-0.4, -0.2) is 46.6 Å². The van der Waals surface area contributed by atoms with Gasteiger partial charge in [0.2, 0.25) is 11.8 Å². The SMILES string of the molecule is Cc1nc(CC(=O)NCC(Cc2ccccc2)N2CCCCC2)no1. The van der Waals surface area contributed by atoms with Crippen molar-refractivity contribution < 1.29 is 9.32 Å². The van der Waals surface area contributed by atoms with Crippen LogP contribution in [0.2, 0.25) is 0 Å². The number of piperidine rings is 1. The van der Waals surface area contributed by atoms with Gasteiger partial charge in [-0.15, -0.1) is 0 Å². The summed E-state index contributed by atoms with van der Waals surface area (Å²) in [4.78, 5) is 18.8. The summed E-state index contributed by atoms with van der Waals surface area (Å²) in [6.07, 6.45) is 4.89. The maximum Gasteiger partial charge on any atom is 0.227 e. The smallest absolute Gasteiger partial charge is 0.227 e. The van der Waals surface area contributed by atoms with E-state index in [0.717, 1.165) is 19.5 Å². The van der Waals surface area contributed by atoms with E-state index >= 15 is 0 Å². The lowest BCUT2D eigenvalue weighted by Gasteiger charge is -2.35. The zero-order valence-corrected chi connectivity index (χ0v) is 14.8. The molecule has 1 aliphatic heterocycles. The van der Waals surface area contributed by atoms with Gasteiger partial charge in [0.05, 0.1) is 6.42 Å². The minimum absolute atomic E-state index is 0.0594. The van der Waals surface area contributed by atoms with Crippen molar-refractivity contribution in [3.05, 3.63) is 47.6 Å². The summed E-state index contributed by atoms with van der Waals surface area (Å²) in [7, 11) is 0. The van der Waals surface area contributed by atoms with E-state index in [1.165, 1.54) is 24.8 Å². The minimum Gasteiger partial charge on any atom is -0.354 e. The molecule has 1 saturated heterocycles. The molecule has 1 amide bonds. The number of hydrogen-bond acceptors (Lipinski definition) is 5. The predicted molar refractivity (Wildman–Crippen MR) is 95.1 cm³/mol. The topological polar surface area (TPSA) is 71.3 Å². The van der Waals surface area contributed by atoms with Gasteiger partial charge in [-0.05, 0) is 37.9 Å². The van der Waals surface area contributed by atoms with Crippen LogP contribution in [0.25, 0.3) is 0 Å². The molecule has 0 saturated carbocycles. The molecule has 0 radical (unpaired) electrons. The highest BCUT2D eigenvalue weighted by Gasteiger charge is 2.22. The molecule has 1 aliphatic rings. The molecule has 134 valence electrons. The molecule has 2 aromatic rings. The Hall–Kier alpha value is -2.21. The zero-order chi connectivity index (χ0) is 17.5. The van der Waals surface area contributed by atoms with E-state index in [-0.39, 0.29) is 12.3 Å². The van der Waals surface area contributed by atoms with Gasteiger partial charge in [0.15, 0.2) is 5.82 Å². The number of carbonyl (C=O) groups is 1. The fourth-order valence-electron chi connectivity index (χ4n) is 3.35. The molecule has 1 atom stereocenters. The third-order valence-electron chi connectivity index (χ3n) is 4.64. The lowest BCUT2D eigenvalue weighted by atomic mass is 10.0. The Kier molecular flexibility index (Phi) is 6.17. The highest BCUT2D eigenvalue weighted by Crippen LogP contribution is 2.15. The van der Waals surface area contributed by atoms with Crippen molar-refractivity contribution in [3.63, 3.8) is 0 Å². The first-order valence-corrected chi connectivity index (χ1v) is 9.04. The van der Waals surface area contributed by atoms with Crippen LogP contribution in [0.5, 0.6) is 0 Å². The van der Waals surface area contributed by atoms with Crippen molar-refractivity contribution in [2.45, 2.75) is 45.1 Å². The zero-order valence-electron chi connectivity index (χ0n) is 14.8. The molecule has 6 nitrogen and oxygen atoms in total. The second kappa shape index (κ2) is 8.76. The van der Waals surface area contributed by atoms with Crippen molar-refractivity contribution in [2.24, 2.45) is 0 Å². The first-order valence-electron chi connectivity index (χ1n) is 9.04. The van der Waals surface area contributed by atoms with Gasteiger partial charge in [-0.1, -0.05) is 41.9 Å². The number of amides is 1. The first kappa shape index (κ1) is 17.6. The quantitative estimate of drug-likeness (QED) is 0.835. The molecule has 3 rings (SSSR count). The average molecular weight is 342 g/mol. The van der Waals surface area contributed by atoms with Gasteiger partial charge in [-0.2, -0.15) is 4.98 Å². The molecular weight excluding hydrogens is 316 g/mol. The van der Waals surface area contributed by atoms with Crippen LogP contribution in [0.4, 0.5) is 0 Å². The van der Waals surface area contributed by atoms with E-state index in [1.807, 2.05) is 6.07 Å². The van der Waals surface area contributed by atoms with Crippen LogP contribution in [0.1, 0.15) is 36.5 Å². The van der Waals surface area contributed by atoms with Gasteiger partial charge in [0, 0.05) is 19.5 Å². The van der Waals surface area contributed by atoms with Crippen molar-refractivity contribution in [1.29, 1.82) is 0 Å². The number of hydrogen-bond donors (Lipinski definition) is 1. The molecule has 2 heterocycles. The van der Waals surface area contributed by atoms with Gasteiger partial charge in [0.25, 0.3) is 0 Å². The highest BCUT2D eigenvalue weighted by molar-refractivity contribution is 5.77. The van der Waals surface area contributed by atoms with E-state index in [1.54, 1.807) is 6.92 Å². The first-order chi connectivity index (χ1) is 12.2. The summed E-state index contributed by atoms with van der Waals surface area (Å²) >= 11 is 0. The standard InChI is InChI=1S/C19H26N4O2/c1-15-21-18(22-25-15)13-19(24)20-14-17(23-10-6-3-7-11-23)12-16-8-4-2-5-9-16/h2,4-5,8-9,17H,3,6-7,10-14H2,1H3,(H,20,24). The predicted octanol–water partition coefficient (Wildman–Crippen LogP) is 2.13. The molecule has 25 heavy (non-hydrogen) atoms. The normalized spacial score (nSPS) is 16.5. The molecule has 0 bridgehead atoms. The second-order valence-corrected chi connectivity index (χ2v) is 6.65. The summed E-state index contributed by atoms with van der Waals surface area (Å²) in [5, 5.41) is 6.84. The molecule has 1 aromatic carbocycles. The number of nitrogens with zero attached hydrogens (tertiary/aromatic N) is 3. The maximum absolute atomic E-state index is 12.2. The van der Waals surface area contributed by atoms with E-state index in [0.29, 0.717) is 24.3 Å². The van der Waals surface area contributed by atoms with E-state index in [2.05, 4.69) is 44.6 Å². The number of likely N-dealkylation sites (tertiary alicyclic amines) is 1. The number of benzene rings is 1.